The van der Waals surface area contributed by atoms with Crippen LogP contribution >= 0.6 is 11.3 Å². The fraction of sp³-hybridized carbons (Fsp3) is 0.350. The predicted molar refractivity (Wildman–Crippen MR) is 110 cm³/mol. The van der Waals surface area contributed by atoms with Gasteiger partial charge in [0.1, 0.15) is 0 Å². The molecule has 9 heteroatoms. The average molecular weight is 420 g/mol. The Morgan fingerprint density at radius 3 is 2.38 bits per heavy atom. The highest BCUT2D eigenvalue weighted by atomic mass is 32.1. The van der Waals surface area contributed by atoms with Gasteiger partial charge in [-0.2, -0.15) is 0 Å². The summed E-state index contributed by atoms with van der Waals surface area (Å²) in [6, 6.07) is 7.11. The Morgan fingerprint density at radius 2 is 1.76 bits per heavy atom. The lowest BCUT2D eigenvalue weighted by atomic mass is 10.1. The lowest BCUT2D eigenvalue weighted by molar-refractivity contribution is -0.132. The molecule has 8 nitrogen and oxygen atoms in total. The Balaban J connectivity index is 1.83. The zero-order valence-electron chi connectivity index (χ0n) is 16.9. The molecule has 156 valence electrons. The van der Waals surface area contributed by atoms with E-state index in [0.717, 1.165) is 11.1 Å². The van der Waals surface area contributed by atoms with Crippen molar-refractivity contribution in [1.82, 2.24) is 15.5 Å². The molecule has 29 heavy (non-hydrogen) atoms. The Kier molecular flexibility index (Phi) is 8.02. The normalized spacial score (nSPS) is 10.2. The number of likely N-dealkylation sites (N-methyl/N-ethyl adjacent to an activating group) is 1. The van der Waals surface area contributed by atoms with Gasteiger partial charge in [0.25, 0.3) is 5.91 Å². The Hall–Kier alpha value is -3.07. The number of rotatable bonds is 9. The molecule has 0 bridgehead atoms. The van der Waals surface area contributed by atoms with Crippen LogP contribution in [0, 0.1) is 6.92 Å². The van der Waals surface area contributed by atoms with E-state index in [2.05, 4.69) is 10.6 Å². The topological polar surface area (TPSA) is 97.0 Å². The second-order valence-corrected chi connectivity index (χ2v) is 7.27. The molecule has 0 fully saturated rings. The molecule has 2 aromatic rings. The molecule has 3 amide bonds. The Morgan fingerprint density at radius 1 is 1.07 bits per heavy atom. The van der Waals surface area contributed by atoms with E-state index in [1.54, 1.807) is 38.8 Å². The van der Waals surface area contributed by atoms with Crippen LogP contribution in [-0.4, -0.2) is 57.0 Å². The molecule has 0 saturated carbocycles. The molecule has 1 heterocycles. The summed E-state index contributed by atoms with van der Waals surface area (Å²) < 4.78 is 10.6. The van der Waals surface area contributed by atoms with Crippen LogP contribution in [0.2, 0.25) is 0 Å². The highest BCUT2D eigenvalue weighted by Crippen LogP contribution is 2.30. The fourth-order valence-electron chi connectivity index (χ4n) is 2.56. The van der Waals surface area contributed by atoms with Gasteiger partial charge in [-0.25, -0.2) is 0 Å². The van der Waals surface area contributed by atoms with Crippen LogP contribution in [0.3, 0.4) is 0 Å². The first kappa shape index (κ1) is 22.2. The van der Waals surface area contributed by atoms with E-state index in [1.165, 1.54) is 16.2 Å². The van der Waals surface area contributed by atoms with Gasteiger partial charge in [-0.1, -0.05) is 6.07 Å². The minimum Gasteiger partial charge on any atom is -0.493 e. The summed E-state index contributed by atoms with van der Waals surface area (Å²) in [5.74, 6) is 0.210. The molecule has 1 aromatic heterocycles. The SMILES string of the molecule is COc1cc(C)c(CN(C)C(=O)CNC(=O)CNC(=O)c2cccs2)cc1OC. The third-order valence-electron chi connectivity index (χ3n) is 4.27. The van der Waals surface area contributed by atoms with Crippen molar-refractivity contribution in [2.45, 2.75) is 13.5 Å². The van der Waals surface area contributed by atoms with Gasteiger partial charge in [-0.3, -0.25) is 14.4 Å². The first-order valence-corrected chi connectivity index (χ1v) is 9.77. The second kappa shape index (κ2) is 10.5. The number of ether oxygens (including phenoxy) is 2. The standard InChI is InChI=1S/C20H25N3O5S/c1-13-8-15(27-3)16(28-4)9-14(13)12-23(2)19(25)11-21-18(24)10-22-20(26)17-6-5-7-29-17/h5-9H,10-12H2,1-4H3,(H,21,24)(H,22,26). The predicted octanol–water partition coefficient (Wildman–Crippen LogP) is 1.58. The fourth-order valence-corrected chi connectivity index (χ4v) is 3.20. The third-order valence-corrected chi connectivity index (χ3v) is 5.14. The number of carbonyl (C=O) groups excluding carboxylic acids is 3. The van der Waals surface area contributed by atoms with Crippen LogP contribution in [0.15, 0.2) is 29.6 Å². The molecule has 0 saturated heterocycles. The van der Waals surface area contributed by atoms with E-state index in [4.69, 9.17) is 9.47 Å². The summed E-state index contributed by atoms with van der Waals surface area (Å²) >= 11 is 1.29. The maximum atomic E-state index is 12.3. The minimum atomic E-state index is -0.432. The van der Waals surface area contributed by atoms with Gasteiger partial charge in [0, 0.05) is 13.6 Å². The molecule has 0 spiro atoms. The molecule has 0 unspecified atom stereocenters. The molecule has 0 aliphatic heterocycles. The molecular formula is C20H25N3O5S. The van der Waals surface area contributed by atoms with Crippen molar-refractivity contribution < 1.29 is 23.9 Å². The highest BCUT2D eigenvalue weighted by molar-refractivity contribution is 7.12. The van der Waals surface area contributed by atoms with Crippen molar-refractivity contribution in [3.8, 4) is 11.5 Å². The molecule has 0 radical (unpaired) electrons. The van der Waals surface area contributed by atoms with Gasteiger partial charge in [-0.15, -0.1) is 11.3 Å². The number of amides is 3. The first-order valence-electron chi connectivity index (χ1n) is 8.89. The van der Waals surface area contributed by atoms with Crippen molar-refractivity contribution in [2.24, 2.45) is 0 Å². The smallest absolute Gasteiger partial charge is 0.261 e. The monoisotopic (exact) mass is 419 g/mol. The van der Waals surface area contributed by atoms with E-state index in [-0.39, 0.29) is 24.9 Å². The van der Waals surface area contributed by atoms with E-state index in [9.17, 15) is 14.4 Å². The van der Waals surface area contributed by atoms with Gasteiger partial charge >= 0.3 is 0 Å². The molecule has 0 atom stereocenters. The molecule has 2 rings (SSSR count). The number of hydrogen-bond acceptors (Lipinski definition) is 6. The third kappa shape index (κ3) is 6.21. The van der Waals surface area contributed by atoms with Crippen molar-refractivity contribution in [1.29, 1.82) is 0 Å². The Bertz CT molecular complexity index is 867. The van der Waals surface area contributed by atoms with Crippen molar-refractivity contribution in [3.63, 3.8) is 0 Å². The van der Waals surface area contributed by atoms with Gasteiger partial charge in [-0.05, 0) is 41.6 Å². The second-order valence-electron chi connectivity index (χ2n) is 6.32. The molecule has 0 aliphatic carbocycles. The zero-order chi connectivity index (χ0) is 21.4. The summed E-state index contributed by atoms with van der Waals surface area (Å²) in [4.78, 5) is 38.1. The lowest BCUT2D eigenvalue weighted by Gasteiger charge is -2.20. The van der Waals surface area contributed by atoms with Crippen LogP contribution in [0.4, 0.5) is 0 Å². The summed E-state index contributed by atoms with van der Waals surface area (Å²) in [6.45, 7) is 1.93. The van der Waals surface area contributed by atoms with E-state index in [1.807, 2.05) is 19.1 Å². The van der Waals surface area contributed by atoms with Crippen LogP contribution in [-0.2, 0) is 16.1 Å². The average Bonchev–Trinajstić information content (AvgIpc) is 3.26. The maximum absolute atomic E-state index is 12.3. The maximum Gasteiger partial charge on any atom is 0.261 e. The van der Waals surface area contributed by atoms with Crippen LogP contribution in [0.25, 0.3) is 0 Å². The number of nitrogens with one attached hydrogen (secondary N) is 2. The summed E-state index contributed by atoms with van der Waals surface area (Å²) in [7, 11) is 4.78. The largest absolute Gasteiger partial charge is 0.493 e. The molecule has 2 N–H and O–H groups in total. The summed E-state index contributed by atoms with van der Waals surface area (Å²) in [5.41, 5.74) is 1.87. The van der Waals surface area contributed by atoms with E-state index in [0.29, 0.717) is 22.9 Å². The van der Waals surface area contributed by atoms with E-state index < -0.39 is 5.91 Å². The summed E-state index contributed by atoms with van der Waals surface area (Å²) in [5, 5.41) is 6.82. The number of benzene rings is 1. The number of hydrogen-bond donors (Lipinski definition) is 2. The highest BCUT2D eigenvalue weighted by Gasteiger charge is 2.15. The quantitative estimate of drug-likeness (QED) is 0.643. The van der Waals surface area contributed by atoms with E-state index >= 15 is 0 Å². The van der Waals surface area contributed by atoms with Gasteiger partial charge in [0.15, 0.2) is 11.5 Å². The van der Waals surface area contributed by atoms with Crippen molar-refractivity contribution in [3.05, 3.63) is 45.6 Å². The zero-order valence-corrected chi connectivity index (χ0v) is 17.7. The molecular weight excluding hydrogens is 394 g/mol. The molecule has 1 aromatic carbocycles. The molecule has 0 aliphatic rings. The van der Waals surface area contributed by atoms with Crippen LogP contribution in [0.1, 0.15) is 20.8 Å². The Labute approximate surface area is 173 Å². The van der Waals surface area contributed by atoms with Crippen LogP contribution < -0.4 is 20.1 Å². The van der Waals surface area contributed by atoms with Crippen molar-refractivity contribution in [2.75, 3.05) is 34.4 Å². The van der Waals surface area contributed by atoms with Crippen molar-refractivity contribution >= 4 is 29.1 Å². The minimum absolute atomic E-state index is 0.156. The van der Waals surface area contributed by atoms with Gasteiger partial charge < -0.3 is 25.0 Å². The van der Waals surface area contributed by atoms with Gasteiger partial charge in [0.2, 0.25) is 11.8 Å². The number of carbonyl (C=O) groups is 3. The lowest BCUT2D eigenvalue weighted by Crippen LogP contribution is -2.42. The number of nitrogens with zero attached hydrogens (tertiary/aromatic N) is 1. The number of thiophene rings is 1. The van der Waals surface area contributed by atoms with Crippen LogP contribution in [0.5, 0.6) is 11.5 Å². The number of aryl methyl sites for hydroxylation is 1. The first-order chi connectivity index (χ1) is 13.8. The van der Waals surface area contributed by atoms with Gasteiger partial charge in [0.05, 0.1) is 32.2 Å². The summed E-state index contributed by atoms with van der Waals surface area (Å²) in [6.07, 6.45) is 0. The number of methoxy groups -OCH3 is 2.